The minimum absolute atomic E-state index is 0.101. The molecule has 120 valence electrons. The van der Waals surface area contributed by atoms with Crippen LogP contribution in [0.3, 0.4) is 0 Å². The minimum Gasteiger partial charge on any atom is -0.504 e. The summed E-state index contributed by atoms with van der Waals surface area (Å²) in [5.41, 5.74) is -0.629. The maximum atomic E-state index is 12.6. The number of carbonyl (C=O) groups is 1. The number of amides is 1. The van der Waals surface area contributed by atoms with Gasteiger partial charge in [-0.1, -0.05) is 17.6 Å². The summed E-state index contributed by atoms with van der Waals surface area (Å²) < 4.78 is 56.1. The SMILES string of the molecule is [2H]c1nc(NC(=O)C2=C(O)c3sc(Cl)cc3S(=O)(=O)N2C)c([2H])c([2H])c1[2H]. The summed E-state index contributed by atoms with van der Waals surface area (Å²) in [6.45, 7) is 0. The van der Waals surface area contributed by atoms with Crippen LogP contribution < -0.4 is 5.32 Å². The lowest BCUT2D eigenvalue weighted by Gasteiger charge is -2.26. The van der Waals surface area contributed by atoms with Crippen LogP contribution in [0.2, 0.25) is 4.34 Å². The van der Waals surface area contributed by atoms with Crippen molar-refractivity contribution in [3.8, 4) is 0 Å². The lowest BCUT2D eigenvalue weighted by molar-refractivity contribution is -0.113. The maximum absolute atomic E-state index is 12.6. The molecule has 10 heteroatoms. The number of nitrogens with one attached hydrogen (secondary N) is 1. The molecule has 1 aliphatic heterocycles. The Bertz CT molecular complexity index is 1130. The third-order valence-electron chi connectivity index (χ3n) is 2.97. The molecule has 0 spiro atoms. The molecule has 7 nitrogen and oxygen atoms in total. The van der Waals surface area contributed by atoms with Gasteiger partial charge in [-0.05, 0) is 18.2 Å². The average molecular weight is 376 g/mol. The van der Waals surface area contributed by atoms with Gasteiger partial charge in [-0.2, -0.15) is 0 Å². The molecule has 0 bridgehead atoms. The van der Waals surface area contributed by atoms with Crippen LogP contribution >= 0.6 is 22.9 Å². The number of likely N-dealkylation sites (N-methyl/N-ethyl adjacent to an activating group) is 1. The van der Waals surface area contributed by atoms with Crippen molar-refractivity contribution in [2.75, 3.05) is 12.4 Å². The molecule has 0 unspecified atom stereocenters. The highest BCUT2D eigenvalue weighted by Gasteiger charge is 2.39. The summed E-state index contributed by atoms with van der Waals surface area (Å²) in [7, 11) is -3.08. The average Bonchev–Trinajstić information content (AvgIpc) is 2.99. The van der Waals surface area contributed by atoms with Crippen LogP contribution in [-0.2, 0) is 14.8 Å². The molecule has 23 heavy (non-hydrogen) atoms. The van der Waals surface area contributed by atoms with Crippen molar-refractivity contribution in [2.45, 2.75) is 4.90 Å². The molecule has 2 aromatic heterocycles. The van der Waals surface area contributed by atoms with Gasteiger partial charge >= 0.3 is 0 Å². The Morgan fingerprint density at radius 3 is 3.00 bits per heavy atom. The third-order valence-corrected chi connectivity index (χ3v) is 6.16. The van der Waals surface area contributed by atoms with Crippen LogP contribution in [0.1, 0.15) is 10.4 Å². The van der Waals surface area contributed by atoms with Crippen molar-refractivity contribution in [3.63, 3.8) is 0 Å². The molecule has 2 N–H and O–H groups in total. The van der Waals surface area contributed by atoms with E-state index in [9.17, 15) is 18.3 Å². The number of fused-ring (bicyclic) bond motifs is 1. The summed E-state index contributed by atoms with van der Waals surface area (Å²) in [5.74, 6) is -2.25. The standard InChI is InChI=1S/C13H10ClN3O4S2/c1-17-10(13(19)16-9-4-2-3-5-15-9)11(18)12-7(23(17,20)21)6-8(14)22-12/h2-6,18H,1H3,(H,15,16,19)/i2D,3D,4D,5D. The topological polar surface area (TPSA) is 99.6 Å². The van der Waals surface area contributed by atoms with E-state index in [1.165, 1.54) is 0 Å². The second-order valence-electron chi connectivity index (χ2n) is 4.31. The Morgan fingerprint density at radius 1 is 1.52 bits per heavy atom. The Balaban J connectivity index is 2.10. The zero-order chi connectivity index (χ0) is 20.3. The third kappa shape index (κ3) is 2.56. The van der Waals surface area contributed by atoms with Crippen molar-refractivity contribution >= 4 is 50.4 Å². The van der Waals surface area contributed by atoms with Gasteiger partial charge in [0.2, 0.25) is 0 Å². The highest BCUT2D eigenvalue weighted by Crippen LogP contribution is 2.41. The van der Waals surface area contributed by atoms with E-state index in [0.717, 1.165) is 24.5 Å². The number of nitrogens with zero attached hydrogens (tertiary/aromatic N) is 2. The van der Waals surface area contributed by atoms with Crippen LogP contribution in [-0.4, -0.2) is 35.8 Å². The summed E-state index contributed by atoms with van der Waals surface area (Å²) in [6, 6.07) is -0.672. The molecule has 0 saturated carbocycles. The van der Waals surface area contributed by atoms with E-state index in [1.807, 2.05) is 0 Å². The van der Waals surface area contributed by atoms with Gasteiger partial charge in [-0.3, -0.25) is 9.10 Å². The summed E-state index contributed by atoms with van der Waals surface area (Å²) in [4.78, 5) is 15.8. The zero-order valence-electron chi connectivity index (χ0n) is 15.3. The van der Waals surface area contributed by atoms with E-state index in [0.29, 0.717) is 4.31 Å². The smallest absolute Gasteiger partial charge is 0.278 e. The Labute approximate surface area is 146 Å². The minimum atomic E-state index is -4.14. The Kier molecular flexibility index (Phi) is 2.74. The van der Waals surface area contributed by atoms with E-state index in [-0.39, 0.29) is 14.1 Å². The van der Waals surface area contributed by atoms with E-state index in [4.69, 9.17) is 17.1 Å². The number of rotatable bonds is 2. The van der Waals surface area contributed by atoms with Gasteiger partial charge in [0, 0.05) is 13.2 Å². The first-order valence-electron chi connectivity index (χ1n) is 7.94. The predicted molar refractivity (Wildman–Crippen MR) is 86.7 cm³/mol. The molecular formula is C13H10ClN3O4S2. The van der Waals surface area contributed by atoms with Crippen LogP contribution in [0.5, 0.6) is 0 Å². The molecular weight excluding hydrogens is 362 g/mol. The van der Waals surface area contributed by atoms with Crippen molar-refractivity contribution in [1.29, 1.82) is 0 Å². The lowest BCUT2D eigenvalue weighted by Crippen LogP contribution is -2.36. The summed E-state index contributed by atoms with van der Waals surface area (Å²) in [5, 5.41) is 12.5. The molecule has 2 aromatic rings. The van der Waals surface area contributed by atoms with E-state index in [1.54, 1.807) is 0 Å². The molecule has 0 aliphatic carbocycles. The molecule has 0 fully saturated rings. The number of thiophene rings is 1. The Morgan fingerprint density at radius 2 is 2.26 bits per heavy atom. The van der Waals surface area contributed by atoms with Crippen LogP contribution in [0.25, 0.3) is 5.76 Å². The fourth-order valence-corrected chi connectivity index (χ4v) is 4.88. The monoisotopic (exact) mass is 375 g/mol. The fraction of sp³-hybridized carbons (Fsp3) is 0.0769. The number of pyridine rings is 1. The molecule has 1 amide bonds. The van der Waals surface area contributed by atoms with Crippen LogP contribution in [0.15, 0.2) is 41.0 Å². The number of hydrogen-bond acceptors (Lipinski definition) is 6. The second kappa shape index (κ2) is 5.52. The first kappa shape index (κ1) is 11.4. The molecule has 3 rings (SSSR count). The molecule has 0 aromatic carbocycles. The van der Waals surface area contributed by atoms with Crippen molar-refractivity contribution in [1.82, 2.24) is 9.29 Å². The summed E-state index contributed by atoms with van der Waals surface area (Å²) >= 11 is 6.60. The lowest BCUT2D eigenvalue weighted by atomic mass is 10.3. The molecule has 3 heterocycles. The van der Waals surface area contributed by atoms with Crippen molar-refractivity contribution in [3.05, 3.63) is 45.3 Å². The van der Waals surface area contributed by atoms with Gasteiger partial charge in [-0.25, -0.2) is 13.4 Å². The van der Waals surface area contributed by atoms with Gasteiger partial charge < -0.3 is 10.4 Å². The number of aromatic nitrogens is 1. The number of anilines is 1. The van der Waals surface area contributed by atoms with Gasteiger partial charge in [-0.15, -0.1) is 11.3 Å². The van der Waals surface area contributed by atoms with E-state index in [2.05, 4.69) is 10.3 Å². The number of hydrogen-bond donors (Lipinski definition) is 2. The molecule has 0 radical (unpaired) electrons. The second-order valence-corrected chi connectivity index (χ2v) is 7.94. The molecule has 0 atom stereocenters. The van der Waals surface area contributed by atoms with E-state index >= 15 is 0 Å². The number of sulfonamides is 1. The van der Waals surface area contributed by atoms with Gasteiger partial charge in [0.15, 0.2) is 11.5 Å². The fourth-order valence-electron chi connectivity index (χ4n) is 1.93. The van der Waals surface area contributed by atoms with Gasteiger partial charge in [0.05, 0.1) is 14.7 Å². The maximum Gasteiger partial charge on any atom is 0.278 e. The van der Waals surface area contributed by atoms with Crippen molar-refractivity contribution < 1.29 is 23.8 Å². The van der Waals surface area contributed by atoms with E-state index < -0.39 is 57.5 Å². The van der Waals surface area contributed by atoms with Gasteiger partial charge in [0.25, 0.3) is 15.9 Å². The highest BCUT2D eigenvalue weighted by molar-refractivity contribution is 7.89. The quantitative estimate of drug-likeness (QED) is 0.838. The van der Waals surface area contributed by atoms with Gasteiger partial charge in [0.1, 0.15) is 10.7 Å². The molecule has 1 aliphatic rings. The molecule has 0 saturated heterocycles. The Hall–Kier alpha value is -2.10. The number of aliphatic hydroxyl groups is 1. The first-order valence-corrected chi connectivity index (χ1v) is 8.57. The first-order chi connectivity index (χ1) is 12.5. The van der Waals surface area contributed by atoms with Crippen molar-refractivity contribution in [2.24, 2.45) is 0 Å². The highest BCUT2D eigenvalue weighted by atomic mass is 35.5. The van der Waals surface area contributed by atoms with Crippen LogP contribution in [0.4, 0.5) is 5.82 Å². The summed E-state index contributed by atoms with van der Waals surface area (Å²) in [6.07, 6.45) is -0.638. The zero-order valence-corrected chi connectivity index (χ0v) is 13.7. The van der Waals surface area contributed by atoms with Crippen LogP contribution in [0, 0.1) is 0 Å². The number of aliphatic hydroxyl groups excluding tert-OH is 1. The largest absolute Gasteiger partial charge is 0.504 e. The number of halogens is 1. The number of carbonyl (C=O) groups excluding carboxylic acids is 1. The normalized spacial score (nSPS) is 18.6. The predicted octanol–water partition coefficient (Wildman–Crippen LogP) is 2.30.